The molecular weight excluding hydrogens is 340 g/mol. The van der Waals surface area contributed by atoms with Gasteiger partial charge in [0.2, 0.25) is 0 Å². The summed E-state index contributed by atoms with van der Waals surface area (Å²) in [6, 6.07) is 0. The van der Waals surface area contributed by atoms with Gasteiger partial charge in [-0.25, -0.2) is 0 Å². The van der Waals surface area contributed by atoms with Crippen LogP contribution in [0.2, 0.25) is 19.6 Å². The molecule has 5 aliphatic rings. The van der Waals surface area contributed by atoms with Gasteiger partial charge < -0.3 is 4.43 Å². The summed E-state index contributed by atoms with van der Waals surface area (Å²) in [5, 5.41) is 0. The molecule has 5 fully saturated rings. The number of hydrogen-bond donors (Lipinski definition) is 0. The van der Waals surface area contributed by atoms with E-state index in [-0.39, 0.29) is 10.8 Å². The Kier molecular flexibility index (Phi) is 3.60. The minimum atomic E-state index is -1.62. The van der Waals surface area contributed by atoms with Crippen molar-refractivity contribution in [1.82, 2.24) is 0 Å². The first-order chi connectivity index (χ1) is 12.2. The second kappa shape index (κ2) is 5.31. The standard InChI is InChI=1S/C22H34O3Si/c1-21-10-9-17-15(16(21)7-8-19(21)24)6-5-13-11-14(23)12-18-20(22(13,17)18)25-26(2,3)4/h13,15-18,20H,5-12H2,1-4H3/t13-,15-,16-,17-,18-,20?,21-,22+/m0/s1. The van der Waals surface area contributed by atoms with Crippen LogP contribution < -0.4 is 0 Å². The molecular formula is C22H34O3Si. The minimum absolute atomic E-state index is 0.0470. The maximum atomic E-state index is 12.6. The Morgan fingerprint density at radius 2 is 1.73 bits per heavy atom. The predicted octanol–water partition coefficient (Wildman–Crippen LogP) is 4.61. The van der Waals surface area contributed by atoms with Gasteiger partial charge in [0, 0.05) is 30.1 Å². The zero-order valence-electron chi connectivity index (χ0n) is 16.8. The van der Waals surface area contributed by atoms with Crippen molar-refractivity contribution in [2.45, 2.75) is 84.0 Å². The van der Waals surface area contributed by atoms with Crippen LogP contribution in [0.1, 0.15) is 58.3 Å². The van der Waals surface area contributed by atoms with Crippen molar-refractivity contribution in [3.05, 3.63) is 0 Å². The lowest BCUT2D eigenvalue weighted by Crippen LogP contribution is -2.51. The summed E-state index contributed by atoms with van der Waals surface area (Å²) in [4.78, 5) is 25.0. The Labute approximate surface area is 158 Å². The number of carbonyl (C=O) groups excluding carboxylic acids is 2. The lowest BCUT2D eigenvalue weighted by molar-refractivity contribution is -0.136. The van der Waals surface area contributed by atoms with E-state index in [0.29, 0.717) is 47.3 Å². The van der Waals surface area contributed by atoms with Crippen LogP contribution >= 0.6 is 0 Å². The monoisotopic (exact) mass is 374 g/mol. The molecule has 0 aromatic heterocycles. The van der Waals surface area contributed by atoms with Crippen LogP contribution in [0.25, 0.3) is 0 Å². The molecule has 0 aliphatic heterocycles. The number of hydrogen-bond acceptors (Lipinski definition) is 3. The summed E-state index contributed by atoms with van der Waals surface area (Å²) >= 11 is 0. The smallest absolute Gasteiger partial charge is 0.184 e. The molecule has 26 heavy (non-hydrogen) atoms. The van der Waals surface area contributed by atoms with Crippen LogP contribution in [-0.4, -0.2) is 26.0 Å². The van der Waals surface area contributed by atoms with Gasteiger partial charge in [-0.3, -0.25) is 9.59 Å². The quantitative estimate of drug-likeness (QED) is 0.663. The van der Waals surface area contributed by atoms with Crippen LogP contribution in [0, 0.1) is 40.4 Å². The second-order valence-corrected chi connectivity index (χ2v) is 15.7. The Bertz CT molecular complexity index is 667. The van der Waals surface area contributed by atoms with Crippen molar-refractivity contribution in [2.75, 3.05) is 0 Å². The Balaban J connectivity index is 1.50. The Hall–Kier alpha value is -0.483. The Morgan fingerprint density at radius 3 is 2.46 bits per heavy atom. The third-order valence-electron chi connectivity index (χ3n) is 9.14. The van der Waals surface area contributed by atoms with E-state index in [0.717, 1.165) is 32.1 Å². The van der Waals surface area contributed by atoms with Gasteiger partial charge in [-0.05, 0) is 81.3 Å². The number of carbonyl (C=O) groups is 2. The zero-order valence-corrected chi connectivity index (χ0v) is 17.8. The Morgan fingerprint density at radius 1 is 0.962 bits per heavy atom. The van der Waals surface area contributed by atoms with Crippen LogP contribution in [0.3, 0.4) is 0 Å². The second-order valence-electron chi connectivity index (χ2n) is 11.3. The van der Waals surface area contributed by atoms with Crippen LogP contribution in [0.5, 0.6) is 0 Å². The van der Waals surface area contributed by atoms with E-state index in [1.807, 2.05) is 0 Å². The van der Waals surface area contributed by atoms with Crippen molar-refractivity contribution in [3.63, 3.8) is 0 Å². The molecule has 5 rings (SSSR count). The third-order valence-corrected chi connectivity index (χ3v) is 10.1. The molecule has 0 bridgehead atoms. The fourth-order valence-electron chi connectivity index (χ4n) is 8.25. The maximum absolute atomic E-state index is 12.6. The first-order valence-electron chi connectivity index (χ1n) is 10.9. The molecule has 0 N–H and O–H groups in total. The SMILES string of the molecule is C[C@]12CC[C@H]3[C@@H](CC[C@H]4CC(=O)C[C@H]5C(O[Si](C)(C)C)[C@@]453)[C@@H]1CCC2=O. The van der Waals surface area contributed by atoms with Gasteiger partial charge in [0.25, 0.3) is 0 Å². The van der Waals surface area contributed by atoms with Gasteiger partial charge in [0.1, 0.15) is 11.6 Å². The summed E-state index contributed by atoms with van der Waals surface area (Å²) in [5.74, 6) is 4.03. The van der Waals surface area contributed by atoms with E-state index >= 15 is 0 Å². The lowest BCUT2D eigenvalue weighted by atomic mass is 9.49. The largest absolute Gasteiger partial charge is 0.414 e. The first-order valence-corrected chi connectivity index (χ1v) is 14.3. The van der Waals surface area contributed by atoms with Crippen molar-refractivity contribution < 1.29 is 14.0 Å². The molecule has 4 heteroatoms. The van der Waals surface area contributed by atoms with Crippen molar-refractivity contribution in [1.29, 1.82) is 0 Å². The predicted molar refractivity (Wildman–Crippen MR) is 103 cm³/mol. The molecule has 5 aliphatic carbocycles. The number of fused-ring (bicyclic) bond motifs is 3. The van der Waals surface area contributed by atoms with Crippen LogP contribution in [0.15, 0.2) is 0 Å². The maximum Gasteiger partial charge on any atom is 0.184 e. The minimum Gasteiger partial charge on any atom is -0.414 e. The zero-order chi connectivity index (χ0) is 18.5. The average Bonchev–Trinajstić information content (AvgIpc) is 3.03. The molecule has 3 nitrogen and oxygen atoms in total. The average molecular weight is 375 g/mol. The molecule has 0 radical (unpaired) electrons. The normalized spacial score (nSPS) is 52.8. The van der Waals surface area contributed by atoms with E-state index in [4.69, 9.17) is 4.43 Å². The van der Waals surface area contributed by atoms with E-state index in [1.165, 1.54) is 19.3 Å². The van der Waals surface area contributed by atoms with Gasteiger partial charge >= 0.3 is 0 Å². The first kappa shape index (κ1) is 17.6. The van der Waals surface area contributed by atoms with Gasteiger partial charge in [-0.2, -0.15) is 0 Å². The fraction of sp³-hybridized carbons (Fsp3) is 0.909. The van der Waals surface area contributed by atoms with Crippen LogP contribution in [-0.2, 0) is 14.0 Å². The summed E-state index contributed by atoms with van der Waals surface area (Å²) in [6.07, 6.45) is 8.50. The molecule has 0 saturated heterocycles. The summed E-state index contributed by atoms with van der Waals surface area (Å²) in [6.45, 7) is 9.13. The van der Waals surface area contributed by atoms with Gasteiger partial charge in [-0.15, -0.1) is 0 Å². The molecule has 1 spiro atoms. The third kappa shape index (κ3) is 2.15. The summed E-state index contributed by atoms with van der Waals surface area (Å²) < 4.78 is 6.73. The van der Waals surface area contributed by atoms with Crippen LogP contribution in [0.4, 0.5) is 0 Å². The number of rotatable bonds is 2. The molecule has 0 aromatic carbocycles. The molecule has 5 saturated carbocycles. The fourth-order valence-corrected chi connectivity index (χ4v) is 9.38. The summed E-state index contributed by atoms with van der Waals surface area (Å²) in [5.41, 5.74) is 0.235. The molecule has 0 amide bonds. The van der Waals surface area contributed by atoms with E-state index in [2.05, 4.69) is 26.6 Å². The molecule has 1 unspecified atom stereocenters. The highest BCUT2D eigenvalue weighted by Crippen LogP contribution is 2.77. The van der Waals surface area contributed by atoms with Gasteiger partial charge in [0.15, 0.2) is 8.32 Å². The molecule has 0 aromatic rings. The number of Topliss-reactive ketones (excluding diaryl/α,β-unsaturated/α-hetero) is 2. The highest BCUT2D eigenvalue weighted by molar-refractivity contribution is 6.69. The molecule has 8 atom stereocenters. The topological polar surface area (TPSA) is 43.4 Å². The van der Waals surface area contributed by atoms with Crippen molar-refractivity contribution in [3.8, 4) is 0 Å². The lowest BCUT2D eigenvalue weighted by Gasteiger charge is -2.55. The van der Waals surface area contributed by atoms with Crippen molar-refractivity contribution in [2.24, 2.45) is 40.4 Å². The highest BCUT2D eigenvalue weighted by Gasteiger charge is 2.77. The molecule has 144 valence electrons. The highest BCUT2D eigenvalue weighted by atomic mass is 28.4. The van der Waals surface area contributed by atoms with E-state index in [9.17, 15) is 9.59 Å². The summed E-state index contributed by atoms with van der Waals surface area (Å²) in [7, 11) is -1.62. The molecule has 0 heterocycles. The van der Waals surface area contributed by atoms with Gasteiger partial charge in [0.05, 0.1) is 6.10 Å². The van der Waals surface area contributed by atoms with E-state index < -0.39 is 8.32 Å². The van der Waals surface area contributed by atoms with E-state index in [1.54, 1.807) is 0 Å². The van der Waals surface area contributed by atoms with Gasteiger partial charge in [-0.1, -0.05) is 6.92 Å². The van der Waals surface area contributed by atoms with Crippen molar-refractivity contribution >= 4 is 19.9 Å². The number of ketones is 2.